The number of nitrogens with one attached hydrogen (secondary N) is 1. The van der Waals surface area contributed by atoms with Gasteiger partial charge in [-0.15, -0.1) is 11.8 Å². The van der Waals surface area contributed by atoms with E-state index >= 15 is 0 Å². The fraction of sp³-hybridized carbons (Fsp3) is 0.278. The molecule has 2 rings (SSSR count). The van der Waals surface area contributed by atoms with Gasteiger partial charge in [-0.2, -0.15) is 0 Å². The van der Waals surface area contributed by atoms with Crippen molar-refractivity contribution in [1.29, 1.82) is 0 Å². The molecular formula is C18H21NO2S. The van der Waals surface area contributed by atoms with Crippen molar-refractivity contribution < 1.29 is 9.53 Å². The predicted octanol–water partition coefficient (Wildman–Crippen LogP) is 4.55. The Hall–Kier alpha value is -1.94. The molecule has 0 aliphatic rings. The van der Waals surface area contributed by atoms with Crippen LogP contribution in [0.2, 0.25) is 0 Å². The minimum Gasteiger partial charge on any atom is -0.483 e. The highest BCUT2D eigenvalue weighted by atomic mass is 32.2. The summed E-state index contributed by atoms with van der Waals surface area (Å²) in [5, 5.41) is 2.84. The van der Waals surface area contributed by atoms with Crippen molar-refractivity contribution in [1.82, 2.24) is 0 Å². The first-order chi connectivity index (χ1) is 10.6. The Morgan fingerprint density at radius 3 is 2.45 bits per heavy atom. The molecule has 0 spiro atoms. The Morgan fingerprint density at radius 2 is 1.82 bits per heavy atom. The van der Waals surface area contributed by atoms with Crippen LogP contribution in [0.15, 0.2) is 53.4 Å². The number of para-hydroxylation sites is 1. The molecule has 3 nitrogen and oxygen atoms in total. The van der Waals surface area contributed by atoms with Gasteiger partial charge in [-0.1, -0.05) is 32.0 Å². The van der Waals surface area contributed by atoms with Crippen molar-refractivity contribution in [3.63, 3.8) is 0 Å². The van der Waals surface area contributed by atoms with Crippen molar-refractivity contribution in [2.45, 2.75) is 24.7 Å². The Labute approximate surface area is 136 Å². The van der Waals surface area contributed by atoms with E-state index in [9.17, 15) is 4.79 Å². The molecule has 0 saturated heterocycles. The van der Waals surface area contributed by atoms with Gasteiger partial charge in [0.05, 0.1) is 0 Å². The predicted molar refractivity (Wildman–Crippen MR) is 92.9 cm³/mol. The Kier molecular flexibility index (Phi) is 5.90. The number of ether oxygens (including phenoxy) is 1. The summed E-state index contributed by atoms with van der Waals surface area (Å²) in [6.07, 6.45) is 2.02. The monoisotopic (exact) mass is 315 g/mol. The molecule has 0 heterocycles. The van der Waals surface area contributed by atoms with E-state index in [1.807, 2.05) is 54.8 Å². The quantitative estimate of drug-likeness (QED) is 0.795. The first-order valence-electron chi connectivity index (χ1n) is 7.25. The van der Waals surface area contributed by atoms with Crippen molar-refractivity contribution >= 4 is 23.4 Å². The van der Waals surface area contributed by atoms with Gasteiger partial charge in [-0.3, -0.25) is 4.79 Å². The minimum absolute atomic E-state index is 0.00795. The fourth-order valence-electron chi connectivity index (χ4n) is 2.10. The second kappa shape index (κ2) is 7.90. The van der Waals surface area contributed by atoms with Gasteiger partial charge >= 0.3 is 0 Å². The zero-order valence-electron chi connectivity index (χ0n) is 13.1. The summed E-state index contributed by atoms with van der Waals surface area (Å²) >= 11 is 1.67. The van der Waals surface area contributed by atoms with Crippen LogP contribution in [-0.2, 0) is 4.79 Å². The summed E-state index contributed by atoms with van der Waals surface area (Å²) in [5.41, 5.74) is 1.89. The lowest BCUT2D eigenvalue weighted by molar-refractivity contribution is -0.118. The van der Waals surface area contributed by atoms with E-state index in [1.165, 1.54) is 4.90 Å². The van der Waals surface area contributed by atoms with Crippen LogP contribution in [0.5, 0.6) is 5.75 Å². The van der Waals surface area contributed by atoms with Gasteiger partial charge < -0.3 is 10.1 Å². The van der Waals surface area contributed by atoms with E-state index in [0.29, 0.717) is 5.92 Å². The highest BCUT2D eigenvalue weighted by Gasteiger charge is 2.09. The zero-order valence-corrected chi connectivity index (χ0v) is 13.9. The molecule has 22 heavy (non-hydrogen) atoms. The average molecular weight is 315 g/mol. The van der Waals surface area contributed by atoms with E-state index < -0.39 is 0 Å². The van der Waals surface area contributed by atoms with Crippen LogP contribution in [0.4, 0.5) is 5.69 Å². The number of hydrogen-bond donors (Lipinski definition) is 1. The van der Waals surface area contributed by atoms with Gasteiger partial charge in [0.25, 0.3) is 5.91 Å². The fourth-order valence-corrected chi connectivity index (χ4v) is 2.51. The van der Waals surface area contributed by atoms with Crippen molar-refractivity contribution in [3.05, 3.63) is 54.1 Å². The van der Waals surface area contributed by atoms with Crippen molar-refractivity contribution in [3.8, 4) is 5.75 Å². The van der Waals surface area contributed by atoms with Gasteiger partial charge in [0, 0.05) is 10.6 Å². The number of carbonyl (C=O) groups excluding carboxylic acids is 1. The molecule has 0 unspecified atom stereocenters. The van der Waals surface area contributed by atoms with Crippen LogP contribution >= 0.6 is 11.8 Å². The first kappa shape index (κ1) is 16.4. The van der Waals surface area contributed by atoms with Crippen LogP contribution < -0.4 is 10.1 Å². The molecule has 116 valence electrons. The van der Waals surface area contributed by atoms with Crippen LogP contribution in [0.1, 0.15) is 25.3 Å². The van der Waals surface area contributed by atoms with E-state index in [-0.39, 0.29) is 12.5 Å². The molecule has 1 N–H and O–H groups in total. The number of amides is 1. The first-order valence-corrected chi connectivity index (χ1v) is 8.48. The van der Waals surface area contributed by atoms with E-state index in [2.05, 4.69) is 19.2 Å². The molecule has 1 amide bonds. The van der Waals surface area contributed by atoms with Gasteiger partial charge in [0.2, 0.25) is 0 Å². The Bertz CT molecular complexity index is 623. The Balaban J connectivity index is 1.92. The highest BCUT2D eigenvalue weighted by molar-refractivity contribution is 7.98. The maximum Gasteiger partial charge on any atom is 0.262 e. The zero-order chi connectivity index (χ0) is 15.9. The maximum absolute atomic E-state index is 12.0. The van der Waals surface area contributed by atoms with Crippen LogP contribution in [0.25, 0.3) is 0 Å². The molecule has 0 fully saturated rings. The maximum atomic E-state index is 12.0. The molecule has 2 aromatic carbocycles. The summed E-state index contributed by atoms with van der Waals surface area (Å²) in [4.78, 5) is 13.1. The highest BCUT2D eigenvalue weighted by Crippen LogP contribution is 2.25. The number of anilines is 1. The molecule has 0 bridgehead atoms. The SMILES string of the molecule is CSc1ccc(NC(=O)COc2ccccc2C(C)C)cc1. The minimum atomic E-state index is -0.157. The lowest BCUT2D eigenvalue weighted by atomic mass is 10.0. The molecule has 0 atom stereocenters. The molecule has 0 aliphatic carbocycles. The smallest absolute Gasteiger partial charge is 0.262 e. The second-order valence-corrected chi connectivity index (χ2v) is 6.14. The van der Waals surface area contributed by atoms with E-state index in [1.54, 1.807) is 11.8 Å². The molecule has 0 aromatic heterocycles. The lowest BCUT2D eigenvalue weighted by Gasteiger charge is -2.13. The summed E-state index contributed by atoms with van der Waals surface area (Å²) in [7, 11) is 0. The number of rotatable bonds is 6. The van der Waals surface area contributed by atoms with Crippen molar-refractivity contribution in [2.75, 3.05) is 18.2 Å². The topological polar surface area (TPSA) is 38.3 Å². The largest absolute Gasteiger partial charge is 0.483 e. The normalized spacial score (nSPS) is 10.5. The van der Waals surface area contributed by atoms with Gasteiger partial charge in [-0.05, 0) is 48.1 Å². The number of carbonyl (C=O) groups is 1. The van der Waals surface area contributed by atoms with Crippen LogP contribution in [0, 0.1) is 0 Å². The second-order valence-electron chi connectivity index (χ2n) is 5.26. The van der Waals surface area contributed by atoms with Crippen LogP contribution in [-0.4, -0.2) is 18.8 Å². The molecule has 2 aromatic rings. The summed E-state index contributed by atoms with van der Waals surface area (Å²) < 4.78 is 5.66. The van der Waals surface area contributed by atoms with Gasteiger partial charge in [-0.25, -0.2) is 0 Å². The number of thioether (sulfide) groups is 1. The lowest BCUT2D eigenvalue weighted by Crippen LogP contribution is -2.20. The third kappa shape index (κ3) is 4.53. The standard InChI is InChI=1S/C18H21NO2S/c1-13(2)16-6-4-5-7-17(16)21-12-18(20)19-14-8-10-15(22-3)11-9-14/h4-11,13H,12H2,1-3H3,(H,19,20). The van der Waals surface area contributed by atoms with Crippen molar-refractivity contribution in [2.24, 2.45) is 0 Å². The van der Waals surface area contributed by atoms with E-state index in [4.69, 9.17) is 4.74 Å². The molecule has 0 saturated carbocycles. The Morgan fingerprint density at radius 1 is 1.14 bits per heavy atom. The third-order valence-corrected chi connectivity index (χ3v) is 4.02. The number of benzene rings is 2. The van der Waals surface area contributed by atoms with Gasteiger partial charge in [0.1, 0.15) is 5.75 Å². The average Bonchev–Trinajstić information content (AvgIpc) is 2.54. The molecule has 0 aliphatic heterocycles. The number of hydrogen-bond acceptors (Lipinski definition) is 3. The van der Waals surface area contributed by atoms with Crippen LogP contribution in [0.3, 0.4) is 0 Å². The van der Waals surface area contributed by atoms with E-state index in [0.717, 1.165) is 17.0 Å². The molecule has 4 heteroatoms. The van der Waals surface area contributed by atoms with Gasteiger partial charge in [0.15, 0.2) is 6.61 Å². The summed E-state index contributed by atoms with van der Waals surface area (Å²) in [6.45, 7) is 4.22. The third-order valence-electron chi connectivity index (χ3n) is 3.27. The molecule has 0 radical (unpaired) electrons. The summed E-state index contributed by atoms with van der Waals surface area (Å²) in [5.74, 6) is 0.971. The summed E-state index contributed by atoms with van der Waals surface area (Å²) in [6, 6.07) is 15.6. The molecular weight excluding hydrogens is 294 g/mol.